The first-order valence-corrected chi connectivity index (χ1v) is 7.99. The number of rotatable bonds is 7. The molecule has 2 aromatic rings. The van der Waals surface area contributed by atoms with Crippen molar-refractivity contribution >= 4 is 5.91 Å². The number of benzene rings is 2. The zero-order valence-electron chi connectivity index (χ0n) is 13.7. The summed E-state index contributed by atoms with van der Waals surface area (Å²) in [4.78, 5) is 14.0. The number of ether oxygens (including phenoxy) is 1. The van der Waals surface area contributed by atoms with Gasteiger partial charge in [-0.05, 0) is 56.2 Å². The quantitative estimate of drug-likeness (QED) is 0.714. The molecule has 3 heteroatoms. The van der Waals surface area contributed by atoms with E-state index in [1.807, 2.05) is 50.3 Å². The number of allylic oxidation sites excluding steroid dienone is 1. The summed E-state index contributed by atoms with van der Waals surface area (Å²) in [6.45, 7) is 5.40. The standard InChI is InChI=1S/C20H23NO2/c1-3-21(4-2)20(22)18-12-14-19(15-13-18)23-16-8-11-17-9-6-5-7-10-17/h5-10,12-16H,3-4,11H2,1-2H3/b16-8+. The highest BCUT2D eigenvalue weighted by molar-refractivity contribution is 5.94. The van der Waals surface area contributed by atoms with E-state index < -0.39 is 0 Å². The highest BCUT2D eigenvalue weighted by Crippen LogP contribution is 2.14. The summed E-state index contributed by atoms with van der Waals surface area (Å²) in [5.74, 6) is 0.784. The smallest absolute Gasteiger partial charge is 0.253 e. The number of hydrogen-bond donors (Lipinski definition) is 0. The zero-order valence-corrected chi connectivity index (χ0v) is 13.7. The number of carbonyl (C=O) groups excluding carboxylic acids is 1. The molecule has 23 heavy (non-hydrogen) atoms. The van der Waals surface area contributed by atoms with Crippen molar-refractivity contribution < 1.29 is 9.53 Å². The van der Waals surface area contributed by atoms with E-state index in [-0.39, 0.29) is 5.91 Å². The van der Waals surface area contributed by atoms with Crippen LogP contribution in [0.5, 0.6) is 5.75 Å². The van der Waals surface area contributed by atoms with Crippen LogP contribution in [0.3, 0.4) is 0 Å². The Morgan fingerprint density at radius 3 is 2.26 bits per heavy atom. The molecule has 3 nitrogen and oxygen atoms in total. The van der Waals surface area contributed by atoms with Crippen LogP contribution in [0, 0.1) is 0 Å². The molecule has 0 aliphatic heterocycles. The van der Waals surface area contributed by atoms with E-state index in [4.69, 9.17) is 4.74 Å². The summed E-state index contributed by atoms with van der Waals surface area (Å²) < 4.78 is 5.57. The Hall–Kier alpha value is -2.55. The van der Waals surface area contributed by atoms with Gasteiger partial charge >= 0.3 is 0 Å². The lowest BCUT2D eigenvalue weighted by molar-refractivity contribution is 0.0773. The fraction of sp³-hybridized carbons (Fsp3) is 0.250. The molecule has 0 aliphatic carbocycles. The van der Waals surface area contributed by atoms with E-state index in [2.05, 4.69) is 12.1 Å². The Morgan fingerprint density at radius 2 is 1.65 bits per heavy atom. The Labute approximate surface area is 138 Å². The van der Waals surface area contributed by atoms with Crippen LogP contribution in [0.1, 0.15) is 29.8 Å². The maximum atomic E-state index is 12.2. The van der Waals surface area contributed by atoms with E-state index in [1.165, 1.54) is 5.56 Å². The molecule has 0 heterocycles. The average Bonchev–Trinajstić information content (AvgIpc) is 2.61. The molecule has 0 unspecified atom stereocenters. The second kappa shape index (κ2) is 8.79. The van der Waals surface area contributed by atoms with Crippen molar-refractivity contribution in [3.63, 3.8) is 0 Å². The van der Waals surface area contributed by atoms with Crippen molar-refractivity contribution in [1.82, 2.24) is 4.90 Å². The highest BCUT2D eigenvalue weighted by Gasteiger charge is 2.11. The second-order valence-electron chi connectivity index (χ2n) is 5.18. The van der Waals surface area contributed by atoms with Gasteiger partial charge in [0.15, 0.2) is 0 Å². The first-order valence-electron chi connectivity index (χ1n) is 7.99. The molecule has 120 valence electrons. The first-order chi connectivity index (χ1) is 11.2. The lowest BCUT2D eigenvalue weighted by atomic mass is 10.1. The van der Waals surface area contributed by atoms with E-state index in [9.17, 15) is 4.79 Å². The maximum Gasteiger partial charge on any atom is 0.253 e. The predicted molar refractivity (Wildman–Crippen MR) is 93.6 cm³/mol. The summed E-state index contributed by atoms with van der Waals surface area (Å²) >= 11 is 0. The minimum atomic E-state index is 0.0566. The van der Waals surface area contributed by atoms with Crippen LogP contribution in [0.25, 0.3) is 0 Å². The first kappa shape index (κ1) is 16.8. The monoisotopic (exact) mass is 309 g/mol. The summed E-state index contributed by atoms with van der Waals surface area (Å²) in [6, 6.07) is 17.5. The summed E-state index contributed by atoms with van der Waals surface area (Å²) in [6.07, 6.45) is 4.50. The molecule has 0 fully saturated rings. The van der Waals surface area contributed by atoms with Crippen LogP contribution in [-0.4, -0.2) is 23.9 Å². The Bertz CT molecular complexity index is 628. The van der Waals surface area contributed by atoms with Crippen molar-refractivity contribution in [3.8, 4) is 5.75 Å². The molecular formula is C20H23NO2. The van der Waals surface area contributed by atoms with E-state index >= 15 is 0 Å². The molecule has 2 rings (SSSR count). The van der Waals surface area contributed by atoms with Crippen molar-refractivity contribution in [1.29, 1.82) is 0 Å². The normalized spacial score (nSPS) is 10.7. The van der Waals surface area contributed by atoms with Crippen LogP contribution in [0.4, 0.5) is 0 Å². The van der Waals surface area contributed by atoms with Crippen molar-refractivity contribution in [2.45, 2.75) is 20.3 Å². The number of nitrogens with zero attached hydrogens (tertiary/aromatic N) is 1. The third-order valence-corrected chi connectivity index (χ3v) is 3.65. The van der Waals surface area contributed by atoms with Gasteiger partial charge in [-0.15, -0.1) is 0 Å². The fourth-order valence-corrected chi connectivity index (χ4v) is 2.29. The molecule has 0 aromatic heterocycles. The minimum Gasteiger partial charge on any atom is -0.465 e. The Kier molecular flexibility index (Phi) is 6.42. The number of carbonyl (C=O) groups is 1. The van der Waals surface area contributed by atoms with Gasteiger partial charge in [0.05, 0.1) is 6.26 Å². The van der Waals surface area contributed by atoms with Crippen molar-refractivity contribution in [3.05, 3.63) is 78.1 Å². The second-order valence-corrected chi connectivity index (χ2v) is 5.18. The van der Waals surface area contributed by atoms with Gasteiger partial charge in [-0.2, -0.15) is 0 Å². The molecule has 0 radical (unpaired) electrons. The topological polar surface area (TPSA) is 29.5 Å². The van der Waals surface area contributed by atoms with Crippen LogP contribution in [-0.2, 0) is 6.42 Å². The summed E-state index contributed by atoms with van der Waals surface area (Å²) in [7, 11) is 0. The van der Waals surface area contributed by atoms with Gasteiger partial charge in [-0.3, -0.25) is 4.79 Å². The number of hydrogen-bond acceptors (Lipinski definition) is 2. The van der Waals surface area contributed by atoms with Gasteiger partial charge in [0.1, 0.15) is 5.75 Å². The zero-order chi connectivity index (χ0) is 16.5. The molecule has 0 saturated carbocycles. The minimum absolute atomic E-state index is 0.0566. The van der Waals surface area contributed by atoms with Crippen molar-refractivity contribution in [2.24, 2.45) is 0 Å². The lowest BCUT2D eigenvalue weighted by Crippen LogP contribution is -2.30. The van der Waals surface area contributed by atoms with Crippen LogP contribution >= 0.6 is 0 Å². The van der Waals surface area contributed by atoms with Crippen LogP contribution in [0.2, 0.25) is 0 Å². The highest BCUT2D eigenvalue weighted by atomic mass is 16.5. The molecule has 0 aliphatic rings. The van der Waals surface area contributed by atoms with Gasteiger partial charge in [-0.25, -0.2) is 0 Å². The van der Waals surface area contributed by atoms with Crippen LogP contribution in [0.15, 0.2) is 66.9 Å². The summed E-state index contributed by atoms with van der Waals surface area (Å²) in [5.41, 5.74) is 1.93. The number of amides is 1. The molecular weight excluding hydrogens is 286 g/mol. The van der Waals surface area contributed by atoms with Gasteiger partial charge < -0.3 is 9.64 Å². The predicted octanol–water partition coefficient (Wildman–Crippen LogP) is 4.30. The molecule has 0 N–H and O–H groups in total. The third-order valence-electron chi connectivity index (χ3n) is 3.65. The Morgan fingerprint density at radius 1 is 1.00 bits per heavy atom. The van der Waals surface area contributed by atoms with Gasteiger partial charge in [0.25, 0.3) is 5.91 Å². The molecule has 2 aromatic carbocycles. The Balaban J connectivity index is 1.89. The molecule has 0 bridgehead atoms. The third kappa shape index (κ3) is 4.99. The largest absolute Gasteiger partial charge is 0.465 e. The molecule has 0 spiro atoms. The maximum absolute atomic E-state index is 12.2. The van der Waals surface area contributed by atoms with E-state index in [1.54, 1.807) is 23.3 Å². The van der Waals surface area contributed by atoms with Gasteiger partial charge in [-0.1, -0.05) is 30.3 Å². The average molecular weight is 309 g/mol. The summed E-state index contributed by atoms with van der Waals surface area (Å²) in [5, 5.41) is 0. The van der Waals surface area contributed by atoms with Crippen molar-refractivity contribution in [2.75, 3.05) is 13.1 Å². The van der Waals surface area contributed by atoms with Gasteiger partial charge in [0, 0.05) is 18.7 Å². The molecule has 0 saturated heterocycles. The molecule has 0 atom stereocenters. The molecule has 1 amide bonds. The van der Waals surface area contributed by atoms with E-state index in [0.717, 1.165) is 25.3 Å². The van der Waals surface area contributed by atoms with E-state index in [0.29, 0.717) is 5.56 Å². The lowest BCUT2D eigenvalue weighted by Gasteiger charge is -2.18. The SMILES string of the molecule is CCN(CC)C(=O)c1ccc(O/C=C/Cc2ccccc2)cc1. The van der Waals surface area contributed by atoms with Crippen LogP contribution < -0.4 is 4.74 Å². The van der Waals surface area contributed by atoms with Gasteiger partial charge in [0.2, 0.25) is 0 Å². The fourth-order valence-electron chi connectivity index (χ4n) is 2.29.